The van der Waals surface area contributed by atoms with E-state index in [0.717, 1.165) is 18.4 Å². The van der Waals surface area contributed by atoms with E-state index < -0.39 is 0 Å². The maximum absolute atomic E-state index is 9.43. The van der Waals surface area contributed by atoms with Crippen molar-refractivity contribution in [1.82, 2.24) is 0 Å². The molecular weight excluding hydrogens is 243 g/mol. The lowest BCUT2D eigenvalue weighted by Gasteiger charge is -2.26. The van der Waals surface area contributed by atoms with Crippen LogP contribution in [0.25, 0.3) is 0 Å². The van der Waals surface area contributed by atoms with Gasteiger partial charge in [0.2, 0.25) is 0 Å². The highest BCUT2D eigenvalue weighted by Crippen LogP contribution is 2.31. The number of halogens is 2. The second kappa shape index (κ2) is 5.39. The van der Waals surface area contributed by atoms with Gasteiger partial charge in [-0.1, -0.05) is 43.1 Å². The molecule has 0 spiro atoms. The van der Waals surface area contributed by atoms with Crippen molar-refractivity contribution in [2.24, 2.45) is 5.41 Å². The van der Waals surface area contributed by atoms with Gasteiger partial charge in [-0.05, 0) is 42.9 Å². The van der Waals surface area contributed by atoms with Crippen LogP contribution in [0.2, 0.25) is 10.0 Å². The summed E-state index contributed by atoms with van der Waals surface area (Å²) < 4.78 is 0. The molecule has 0 aliphatic rings. The van der Waals surface area contributed by atoms with Crippen LogP contribution < -0.4 is 0 Å². The Bertz CT molecular complexity index is 359. The molecule has 90 valence electrons. The van der Waals surface area contributed by atoms with Gasteiger partial charge in [-0.15, -0.1) is 0 Å². The third-order valence-electron chi connectivity index (χ3n) is 2.53. The van der Waals surface area contributed by atoms with Crippen molar-refractivity contribution in [3.05, 3.63) is 33.8 Å². The topological polar surface area (TPSA) is 20.2 Å². The van der Waals surface area contributed by atoms with Gasteiger partial charge in [-0.2, -0.15) is 0 Å². The Labute approximate surface area is 107 Å². The molecule has 3 heteroatoms. The molecule has 0 radical (unpaired) electrons. The molecule has 1 N–H and O–H groups in total. The summed E-state index contributed by atoms with van der Waals surface area (Å²) in [4.78, 5) is 0. The van der Waals surface area contributed by atoms with Gasteiger partial charge in [0.15, 0.2) is 0 Å². The fourth-order valence-corrected chi connectivity index (χ4v) is 2.53. The predicted octanol–water partition coefficient (Wildman–Crippen LogP) is 4.33. The van der Waals surface area contributed by atoms with E-state index in [2.05, 4.69) is 13.8 Å². The first kappa shape index (κ1) is 13.8. The maximum Gasteiger partial charge on any atom is 0.0517 e. The molecule has 0 fully saturated rings. The van der Waals surface area contributed by atoms with E-state index in [1.807, 2.05) is 19.1 Å². The summed E-state index contributed by atoms with van der Waals surface area (Å²) in [6.07, 6.45) is 1.31. The largest absolute Gasteiger partial charge is 0.393 e. The minimum atomic E-state index is -0.291. The second-order valence-electron chi connectivity index (χ2n) is 5.13. The molecule has 1 atom stereocenters. The van der Waals surface area contributed by atoms with E-state index in [1.54, 1.807) is 6.07 Å². The van der Waals surface area contributed by atoms with E-state index in [9.17, 15) is 5.11 Å². The van der Waals surface area contributed by atoms with Gasteiger partial charge in [-0.25, -0.2) is 0 Å². The molecule has 1 aromatic carbocycles. The van der Waals surface area contributed by atoms with Crippen molar-refractivity contribution in [3.8, 4) is 0 Å². The predicted molar refractivity (Wildman–Crippen MR) is 70.2 cm³/mol. The monoisotopic (exact) mass is 260 g/mol. The lowest BCUT2D eigenvalue weighted by molar-refractivity contribution is 0.129. The molecule has 1 unspecified atom stereocenters. The van der Waals surface area contributed by atoms with Crippen LogP contribution in [0.4, 0.5) is 0 Å². The van der Waals surface area contributed by atoms with Gasteiger partial charge in [0.25, 0.3) is 0 Å². The molecular formula is C13H18Cl2O. The highest BCUT2D eigenvalue weighted by molar-refractivity contribution is 6.35. The normalized spacial score (nSPS) is 13.9. The summed E-state index contributed by atoms with van der Waals surface area (Å²) in [5.41, 5.74) is 1.11. The van der Waals surface area contributed by atoms with Crippen LogP contribution in [0.1, 0.15) is 32.8 Å². The Morgan fingerprint density at radius 1 is 1.31 bits per heavy atom. The van der Waals surface area contributed by atoms with E-state index in [1.165, 1.54) is 0 Å². The van der Waals surface area contributed by atoms with Crippen LogP contribution in [-0.4, -0.2) is 11.2 Å². The van der Waals surface area contributed by atoms with E-state index in [0.29, 0.717) is 10.0 Å². The zero-order valence-corrected chi connectivity index (χ0v) is 11.4. The molecule has 0 aromatic heterocycles. The first-order valence-electron chi connectivity index (χ1n) is 5.42. The van der Waals surface area contributed by atoms with Crippen molar-refractivity contribution in [3.63, 3.8) is 0 Å². The Balaban J connectivity index is 2.79. The number of aliphatic hydroxyl groups is 1. The van der Waals surface area contributed by atoms with Crippen molar-refractivity contribution in [2.75, 3.05) is 0 Å². The number of hydrogen-bond acceptors (Lipinski definition) is 1. The molecule has 0 aliphatic carbocycles. The van der Waals surface area contributed by atoms with Gasteiger partial charge >= 0.3 is 0 Å². The smallest absolute Gasteiger partial charge is 0.0517 e. The fourth-order valence-electron chi connectivity index (χ4n) is 2.05. The molecule has 1 aromatic rings. The number of benzene rings is 1. The Kier molecular flexibility index (Phi) is 4.66. The molecule has 16 heavy (non-hydrogen) atoms. The highest BCUT2D eigenvalue weighted by atomic mass is 35.5. The SMILES string of the molecule is CC(O)CC(C)(C)Cc1ccc(Cl)cc1Cl. The summed E-state index contributed by atoms with van der Waals surface area (Å²) in [6, 6.07) is 5.56. The highest BCUT2D eigenvalue weighted by Gasteiger charge is 2.21. The number of rotatable bonds is 4. The van der Waals surface area contributed by atoms with Crippen LogP contribution in [0.15, 0.2) is 18.2 Å². The Hall–Kier alpha value is -0.240. The third-order valence-corrected chi connectivity index (χ3v) is 3.12. The lowest BCUT2D eigenvalue weighted by Crippen LogP contribution is -2.21. The minimum absolute atomic E-state index is 0.0334. The van der Waals surface area contributed by atoms with E-state index in [-0.39, 0.29) is 11.5 Å². The maximum atomic E-state index is 9.43. The standard InChI is InChI=1S/C13H18Cl2O/c1-9(16)7-13(2,3)8-10-4-5-11(14)6-12(10)15/h4-6,9,16H,7-8H2,1-3H3. The molecule has 0 saturated carbocycles. The average Bonchev–Trinajstić information content (AvgIpc) is 2.07. The summed E-state index contributed by atoms with van der Waals surface area (Å²) in [7, 11) is 0. The molecule has 0 heterocycles. The molecule has 0 bridgehead atoms. The molecule has 0 saturated heterocycles. The summed E-state index contributed by atoms with van der Waals surface area (Å²) in [5, 5.41) is 10.8. The zero-order valence-electron chi connectivity index (χ0n) is 9.93. The minimum Gasteiger partial charge on any atom is -0.393 e. The van der Waals surface area contributed by atoms with Gasteiger partial charge in [0.05, 0.1) is 6.10 Å². The first-order valence-corrected chi connectivity index (χ1v) is 6.18. The van der Waals surface area contributed by atoms with Gasteiger partial charge in [-0.3, -0.25) is 0 Å². The van der Waals surface area contributed by atoms with Crippen molar-refractivity contribution in [2.45, 2.75) is 39.7 Å². The molecule has 1 rings (SSSR count). The van der Waals surface area contributed by atoms with E-state index in [4.69, 9.17) is 23.2 Å². The van der Waals surface area contributed by atoms with Crippen molar-refractivity contribution < 1.29 is 5.11 Å². The number of aliphatic hydroxyl groups excluding tert-OH is 1. The number of hydrogen-bond donors (Lipinski definition) is 1. The average molecular weight is 261 g/mol. The third kappa shape index (κ3) is 4.32. The van der Waals surface area contributed by atoms with Crippen molar-refractivity contribution >= 4 is 23.2 Å². The molecule has 1 nitrogen and oxygen atoms in total. The summed E-state index contributed by atoms with van der Waals surface area (Å²) in [5.74, 6) is 0. The first-order chi connectivity index (χ1) is 7.30. The lowest BCUT2D eigenvalue weighted by atomic mass is 9.81. The Morgan fingerprint density at radius 3 is 2.44 bits per heavy atom. The molecule has 0 aliphatic heterocycles. The van der Waals surface area contributed by atoms with Gasteiger partial charge < -0.3 is 5.11 Å². The fraction of sp³-hybridized carbons (Fsp3) is 0.538. The zero-order chi connectivity index (χ0) is 12.3. The summed E-state index contributed by atoms with van der Waals surface area (Å²) >= 11 is 12.0. The van der Waals surface area contributed by atoms with Crippen LogP contribution >= 0.6 is 23.2 Å². The van der Waals surface area contributed by atoms with E-state index >= 15 is 0 Å². The Morgan fingerprint density at radius 2 is 1.94 bits per heavy atom. The summed E-state index contributed by atoms with van der Waals surface area (Å²) in [6.45, 7) is 6.07. The van der Waals surface area contributed by atoms with Crippen LogP contribution in [0.5, 0.6) is 0 Å². The second-order valence-corrected chi connectivity index (χ2v) is 5.97. The van der Waals surface area contributed by atoms with Crippen LogP contribution in [0.3, 0.4) is 0 Å². The van der Waals surface area contributed by atoms with Gasteiger partial charge in [0, 0.05) is 10.0 Å². The molecule has 0 amide bonds. The van der Waals surface area contributed by atoms with Crippen LogP contribution in [-0.2, 0) is 6.42 Å². The van der Waals surface area contributed by atoms with Crippen molar-refractivity contribution in [1.29, 1.82) is 0 Å². The quantitative estimate of drug-likeness (QED) is 0.855. The van der Waals surface area contributed by atoms with Gasteiger partial charge in [0.1, 0.15) is 0 Å². The van der Waals surface area contributed by atoms with Crippen LogP contribution in [0, 0.1) is 5.41 Å².